The first-order valence-corrected chi connectivity index (χ1v) is 12.5. The van der Waals surface area contributed by atoms with Gasteiger partial charge in [-0.2, -0.15) is 16.9 Å². The Morgan fingerprint density at radius 1 is 1.12 bits per heavy atom. The summed E-state index contributed by atoms with van der Waals surface area (Å²) in [6, 6.07) is 11.6. The third kappa shape index (κ3) is 11.0. The number of benzene rings is 1. The molecule has 33 heavy (non-hydrogen) atoms. The lowest BCUT2D eigenvalue weighted by Crippen LogP contribution is -2.48. The van der Waals surface area contributed by atoms with E-state index in [0.29, 0.717) is 24.8 Å². The monoisotopic (exact) mass is 475 g/mol. The Morgan fingerprint density at radius 3 is 2.61 bits per heavy atom. The summed E-state index contributed by atoms with van der Waals surface area (Å²) in [6.07, 6.45) is 0.311. The van der Waals surface area contributed by atoms with E-state index in [0.717, 1.165) is 23.7 Å². The van der Waals surface area contributed by atoms with Gasteiger partial charge in [-0.1, -0.05) is 25.1 Å². The molecule has 2 N–H and O–H groups in total. The number of hydrogen-bond acceptors (Lipinski definition) is 9. The highest BCUT2D eigenvalue weighted by Crippen LogP contribution is 2.20. The highest BCUT2D eigenvalue weighted by molar-refractivity contribution is 7.99. The second-order valence-electron chi connectivity index (χ2n) is 8.61. The average molecular weight is 476 g/mol. The maximum absolute atomic E-state index is 10.4. The summed E-state index contributed by atoms with van der Waals surface area (Å²) in [7, 11) is 0. The van der Waals surface area contributed by atoms with Crippen molar-refractivity contribution in [3.63, 3.8) is 0 Å². The fourth-order valence-corrected chi connectivity index (χ4v) is 3.39. The van der Waals surface area contributed by atoms with Crippen molar-refractivity contribution in [2.75, 3.05) is 31.3 Å². The number of thioether (sulfide) groups is 1. The Hall–Kier alpha value is -2.23. The molecule has 0 bridgehead atoms. The molecular weight excluding hydrogens is 438 g/mol. The van der Waals surface area contributed by atoms with E-state index in [2.05, 4.69) is 38.7 Å². The van der Waals surface area contributed by atoms with E-state index in [1.807, 2.05) is 57.7 Å². The van der Waals surface area contributed by atoms with E-state index < -0.39 is 6.10 Å². The first-order chi connectivity index (χ1) is 15.8. The van der Waals surface area contributed by atoms with Gasteiger partial charge in [0.1, 0.15) is 25.1 Å². The molecule has 0 aliphatic rings. The average Bonchev–Trinajstić information content (AvgIpc) is 2.80. The van der Waals surface area contributed by atoms with Gasteiger partial charge in [-0.3, -0.25) is 0 Å². The number of para-hydroxylation sites is 1. The van der Waals surface area contributed by atoms with Crippen LogP contribution in [0.1, 0.15) is 40.2 Å². The van der Waals surface area contributed by atoms with Gasteiger partial charge in [-0.15, -0.1) is 15.3 Å². The van der Waals surface area contributed by atoms with Crippen molar-refractivity contribution < 1.29 is 14.6 Å². The van der Waals surface area contributed by atoms with Crippen molar-refractivity contribution in [2.24, 2.45) is 10.2 Å². The van der Waals surface area contributed by atoms with Crippen LogP contribution < -0.4 is 14.8 Å². The Morgan fingerprint density at radius 2 is 1.91 bits per heavy atom. The van der Waals surface area contributed by atoms with Crippen LogP contribution in [0.15, 0.2) is 46.6 Å². The van der Waals surface area contributed by atoms with Crippen molar-refractivity contribution in [2.45, 2.75) is 58.7 Å². The fraction of sp³-hybridized carbons (Fsp3) is 0.583. The number of aromatic nitrogens is 2. The van der Waals surface area contributed by atoms with Gasteiger partial charge in [0.2, 0.25) is 5.88 Å². The van der Waals surface area contributed by atoms with Crippen LogP contribution in [0.4, 0.5) is 5.82 Å². The summed E-state index contributed by atoms with van der Waals surface area (Å²) >= 11 is 1.91. The van der Waals surface area contributed by atoms with Crippen LogP contribution in [0.3, 0.4) is 0 Å². The first-order valence-electron chi connectivity index (χ1n) is 11.4. The van der Waals surface area contributed by atoms with Crippen molar-refractivity contribution in [3.8, 4) is 11.6 Å². The molecule has 2 rings (SSSR count). The van der Waals surface area contributed by atoms with Gasteiger partial charge in [-0.25, -0.2) is 0 Å². The zero-order valence-corrected chi connectivity index (χ0v) is 21.1. The van der Waals surface area contributed by atoms with E-state index in [9.17, 15) is 5.11 Å². The maximum atomic E-state index is 10.4. The molecule has 0 radical (unpaired) electrons. The number of azo groups is 1. The number of nitrogens with one attached hydrogen (secondary N) is 1. The van der Waals surface area contributed by atoms with Gasteiger partial charge >= 0.3 is 0 Å². The number of ether oxygens (including phenoxy) is 2. The molecule has 1 aromatic heterocycles. The maximum Gasteiger partial charge on any atom is 0.233 e. The largest absolute Gasteiger partial charge is 0.491 e. The van der Waals surface area contributed by atoms with Crippen LogP contribution in [0.5, 0.6) is 11.6 Å². The lowest BCUT2D eigenvalue weighted by atomic mass is 10.1. The SMILES string of the molecule is CCSCCc1ccccc1OCC(O)CNC(C)(C)COc1ccc(N=NC(C)C)nn1. The van der Waals surface area contributed by atoms with Crippen molar-refractivity contribution >= 4 is 17.6 Å². The predicted octanol–water partition coefficient (Wildman–Crippen LogP) is 4.45. The number of aliphatic hydroxyl groups excluding tert-OH is 1. The predicted molar refractivity (Wildman–Crippen MR) is 134 cm³/mol. The van der Waals surface area contributed by atoms with Crippen molar-refractivity contribution in [1.82, 2.24) is 15.5 Å². The quantitative estimate of drug-likeness (QED) is 0.290. The molecule has 0 aliphatic heterocycles. The van der Waals surface area contributed by atoms with Crippen LogP contribution in [0.25, 0.3) is 0 Å². The summed E-state index contributed by atoms with van der Waals surface area (Å²) in [6.45, 7) is 11.0. The van der Waals surface area contributed by atoms with Crippen LogP contribution in [0.2, 0.25) is 0 Å². The van der Waals surface area contributed by atoms with Crippen LogP contribution >= 0.6 is 11.8 Å². The topological polar surface area (TPSA) is 101 Å². The van der Waals surface area contributed by atoms with Crippen LogP contribution in [0, 0.1) is 0 Å². The molecule has 8 nitrogen and oxygen atoms in total. The second-order valence-corrected chi connectivity index (χ2v) is 10.0. The zero-order chi connectivity index (χ0) is 24.1. The lowest BCUT2D eigenvalue weighted by molar-refractivity contribution is 0.0919. The Kier molecular flexibility index (Phi) is 11.6. The second kappa shape index (κ2) is 14.1. The Labute approximate surface area is 201 Å². The molecule has 0 saturated heterocycles. The minimum Gasteiger partial charge on any atom is -0.491 e. The van der Waals surface area contributed by atoms with E-state index in [1.54, 1.807) is 12.1 Å². The summed E-state index contributed by atoms with van der Waals surface area (Å²) in [5.41, 5.74) is 0.790. The van der Waals surface area contributed by atoms with Crippen LogP contribution in [-0.2, 0) is 6.42 Å². The number of β-amino-alcohol motifs (C(OH)–C–C–N with tert-alkyl or cyclic N) is 1. The van der Waals surface area contributed by atoms with E-state index >= 15 is 0 Å². The van der Waals surface area contributed by atoms with Gasteiger partial charge in [0.05, 0.1) is 6.04 Å². The summed E-state index contributed by atoms with van der Waals surface area (Å²) in [5, 5.41) is 29.8. The zero-order valence-electron chi connectivity index (χ0n) is 20.3. The standard InChI is InChI=1S/C24H37N5O3S/c1-6-33-14-13-19-9-7-8-10-21(19)31-16-20(30)15-25-24(4,5)17-32-23-12-11-22(28-29-23)27-26-18(2)3/h7-12,18,20,25,30H,6,13-17H2,1-5H3. The van der Waals surface area contributed by atoms with Gasteiger partial charge in [0.25, 0.3) is 0 Å². The van der Waals surface area contributed by atoms with E-state index in [1.165, 1.54) is 5.56 Å². The minimum atomic E-state index is -0.646. The molecule has 0 saturated carbocycles. The van der Waals surface area contributed by atoms with E-state index in [-0.39, 0.29) is 18.2 Å². The fourth-order valence-electron chi connectivity index (χ4n) is 2.74. The molecule has 0 amide bonds. The molecule has 1 aromatic carbocycles. The Balaban J connectivity index is 1.75. The van der Waals surface area contributed by atoms with Gasteiger partial charge in [-0.05, 0) is 63.3 Å². The molecule has 0 fully saturated rings. The summed E-state index contributed by atoms with van der Waals surface area (Å²) in [4.78, 5) is 0. The molecule has 182 valence electrons. The molecular formula is C24H37N5O3S. The Bertz CT molecular complexity index is 846. The summed E-state index contributed by atoms with van der Waals surface area (Å²) < 4.78 is 11.7. The molecule has 1 unspecified atom stereocenters. The molecule has 1 heterocycles. The minimum absolute atomic E-state index is 0.106. The van der Waals surface area contributed by atoms with Crippen molar-refractivity contribution in [3.05, 3.63) is 42.0 Å². The highest BCUT2D eigenvalue weighted by atomic mass is 32.2. The molecule has 1 atom stereocenters. The number of nitrogens with zero attached hydrogens (tertiary/aromatic N) is 4. The number of hydrogen-bond donors (Lipinski definition) is 2. The molecule has 0 aliphatic carbocycles. The number of aryl methyl sites for hydroxylation is 1. The molecule has 2 aromatic rings. The first kappa shape index (κ1) is 27.0. The number of aliphatic hydroxyl groups is 1. The highest BCUT2D eigenvalue weighted by Gasteiger charge is 2.20. The molecule has 0 spiro atoms. The third-order valence-electron chi connectivity index (χ3n) is 4.54. The normalized spacial score (nSPS) is 12.9. The van der Waals surface area contributed by atoms with Gasteiger partial charge < -0.3 is 19.9 Å². The van der Waals surface area contributed by atoms with Gasteiger partial charge in [0.15, 0.2) is 5.82 Å². The van der Waals surface area contributed by atoms with Crippen molar-refractivity contribution in [1.29, 1.82) is 0 Å². The smallest absolute Gasteiger partial charge is 0.233 e. The number of rotatable bonds is 15. The third-order valence-corrected chi connectivity index (χ3v) is 5.44. The van der Waals surface area contributed by atoms with Crippen LogP contribution in [-0.4, -0.2) is 64.3 Å². The van der Waals surface area contributed by atoms with E-state index in [4.69, 9.17) is 9.47 Å². The molecule has 9 heteroatoms. The summed E-state index contributed by atoms with van der Waals surface area (Å²) in [5.74, 6) is 3.86. The lowest BCUT2D eigenvalue weighted by Gasteiger charge is -2.27. The van der Waals surface area contributed by atoms with Gasteiger partial charge in [0, 0.05) is 18.2 Å².